The lowest BCUT2D eigenvalue weighted by Crippen LogP contribution is -2.48. The zero-order valence-corrected chi connectivity index (χ0v) is 6.54. The van der Waals surface area contributed by atoms with Gasteiger partial charge in [-0.05, 0) is 0 Å². The Balaban J connectivity index is 3.27. The largest absolute Gasteiger partial charge is 0.479 e. The van der Waals surface area contributed by atoms with E-state index >= 15 is 0 Å². The van der Waals surface area contributed by atoms with E-state index in [4.69, 9.17) is 10.2 Å². The molecule has 0 bridgehead atoms. The maximum atomic E-state index is 12.2. The van der Waals surface area contributed by atoms with E-state index in [1.807, 2.05) is 5.10 Å². The first-order chi connectivity index (χ1) is 6.30. The first-order valence-corrected chi connectivity index (χ1v) is 3.32. The Hall–Kier alpha value is -1.57. The molecule has 1 aromatic heterocycles. The molecule has 0 radical (unpaired) electrons. The van der Waals surface area contributed by atoms with Crippen molar-refractivity contribution in [2.24, 2.45) is 0 Å². The first-order valence-electron chi connectivity index (χ1n) is 3.32. The van der Waals surface area contributed by atoms with Crippen LogP contribution >= 0.6 is 0 Å². The maximum Gasteiger partial charge on any atom is 0.432 e. The highest BCUT2D eigenvalue weighted by Gasteiger charge is 2.61. The number of aliphatic carboxylic acids is 1. The molecule has 0 amide bonds. The van der Waals surface area contributed by atoms with Gasteiger partial charge in [0.25, 0.3) is 5.60 Å². The number of nitrogens with one attached hydrogen (secondary N) is 1. The molecule has 0 aliphatic carbocycles. The van der Waals surface area contributed by atoms with Crippen molar-refractivity contribution in [2.45, 2.75) is 11.8 Å². The van der Waals surface area contributed by atoms with Crippen molar-refractivity contribution in [3.63, 3.8) is 0 Å². The molecule has 1 heterocycles. The van der Waals surface area contributed by atoms with Gasteiger partial charge in [0.05, 0.1) is 6.20 Å². The SMILES string of the molecule is O=C(O)C(O)(c1cn[nH]c1)C(F)(F)F. The quantitative estimate of drug-likeness (QED) is 0.652. The molecule has 3 N–H and O–H groups in total. The highest BCUT2D eigenvalue weighted by molar-refractivity contribution is 5.80. The van der Waals surface area contributed by atoms with E-state index in [1.165, 1.54) is 0 Å². The van der Waals surface area contributed by atoms with Gasteiger partial charge in [-0.15, -0.1) is 0 Å². The molecule has 0 aromatic carbocycles. The molecule has 0 fully saturated rings. The van der Waals surface area contributed by atoms with Crippen LogP contribution in [0.2, 0.25) is 0 Å². The molecule has 0 aliphatic rings. The Kier molecular flexibility index (Phi) is 2.24. The number of aromatic amines is 1. The topological polar surface area (TPSA) is 86.2 Å². The predicted molar refractivity (Wildman–Crippen MR) is 36.2 cm³/mol. The predicted octanol–water partition coefficient (Wildman–Crippen LogP) is 0.244. The zero-order valence-electron chi connectivity index (χ0n) is 6.54. The number of H-pyrrole nitrogens is 1. The number of rotatable bonds is 2. The summed E-state index contributed by atoms with van der Waals surface area (Å²) in [5.74, 6) is -2.40. The minimum atomic E-state index is -5.30. The summed E-state index contributed by atoms with van der Waals surface area (Å²) in [6.45, 7) is 0. The highest BCUT2D eigenvalue weighted by atomic mass is 19.4. The zero-order chi connectivity index (χ0) is 11.0. The number of alkyl halides is 3. The summed E-state index contributed by atoms with van der Waals surface area (Å²) >= 11 is 0. The molecular weight excluding hydrogens is 205 g/mol. The Bertz CT molecular complexity index is 335. The third kappa shape index (κ3) is 1.33. The lowest BCUT2D eigenvalue weighted by atomic mass is 9.97. The maximum absolute atomic E-state index is 12.2. The van der Waals surface area contributed by atoms with E-state index in [-0.39, 0.29) is 0 Å². The molecule has 1 atom stereocenters. The van der Waals surface area contributed by atoms with Crippen LogP contribution in [0.25, 0.3) is 0 Å². The number of aliphatic hydroxyl groups is 1. The molecule has 0 aliphatic heterocycles. The average Bonchev–Trinajstić information content (AvgIpc) is 2.52. The molecule has 0 spiro atoms. The highest BCUT2D eigenvalue weighted by Crippen LogP contribution is 2.38. The van der Waals surface area contributed by atoms with Crippen LogP contribution in [0.1, 0.15) is 5.56 Å². The van der Waals surface area contributed by atoms with Crippen molar-refractivity contribution in [1.82, 2.24) is 10.2 Å². The Labute approximate surface area is 75.2 Å². The van der Waals surface area contributed by atoms with Gasteiger partial charge in [-0.1, -0.05) is 0 Å². The summed E-state index contributed by atoms with van der Waals surface area (Å²) < 4.78 is 36.7. The number of carboxylic acid groups (broad SMARTS) is 1. The van der Waals surface area contributed by atoms with Gasteiger partial charge in [-0.2, -0.15) is 18.3 Å². The number of aromatic nitrogens is 2. The molecule has 0 saturated heterocycles. The minimum Gasteiger partial charge on any atom is -0.479 e. The molecule has 5 nitrogen and oxygen atoms in total. The van der Waals surface area contributed by atoms with Crippen LogP contribution < -0.4 is 0 Å². The van der Waals surface area contributed by atoms with Gasteiger partial charge in [0.15, 0.2) is 0 Å². The van der Waals surface area contributed by atoms with Gasteiger partial charge in [0.1, 0.15) is 0 Å². The van der Waals surface area contributed by atoms with Gasteiger partial charge >= 0.3 is 12.1 Å². The fourth-order valence-corrected chi connectivity index (χ4v) is 0.857. The molecule has 8 heteroatoms. The van der Waals surface area contributed by atoms with E-state index < -0.39 is 23.3 Å². The second-order valence-electron chi connectivity index (χ2n) is 2.50. The summed E-state index contributed by atoms with van der Waals surface area (Å²) in [6, 6.07) is 0. The van der Waals surface area contributed by atoms with E-state index in [0.29, 0.717) is 12.4 Å². The van der Waals surface area contributed by atoms with Crippen LogP contribution in [-0.4, -0.2) is 32.6 Å². The molecular formula is C6H5F3N2O3. The molecule has 1 unspecified atom stereocenters. The Morgan fingerprint density at radius 3 is 2.36 bits per heavy atom. The molecule has 1 aromatic rings. The number of hydrogen-bond donors (Lipinski definition) is 3. The fraction of sp³-hybridized carbons (Fsp3) is 0.333. The summed E-state index contributed by atoms with van der Waals surface area (Å²) in [7, 11) is 0. The van der Waals surface area contributed by atoms with Gasteiger partial charge in [0, 0.05) is 11.8 Å². The van der Waals surface area contributed by atoms with Gasteiger partial charge in [-0.3, -0.25) is 5.10 Å². The summed E-state index contributed by atoms with van der Waals surface area (Å²) in [5, 5.41) is 22.5. The van der Waals surface area contributed by atoms with E-state index in [0.717, 1.165) is 0 Å². The monoisotopic (exact) mass is 210 g/mol. The van der Waals surface area contributed by atoms with Crippen LogP contribution in [0, 0.1) is 0 Å². The lowest BCUT2D eigenvalue weighted by Gasteiger charge is -2.24. The van der Waals surface area contributed by atoms with Gasteiger partial charge < -0.3 is 10.2 Å². The van der Waals surface area contributed by atoms with Crippen molar-refractivity contribution < 1.29 is 28.2 Å². The number of hydrogen-bond acceptors (Lipinski definition) is 3. The molecule has 0 saturated carbocycles. The fourth-order valence-electron chi connectivity index (χ4n) is 0.857. The summed E-state index contributed by atoms with van der Waals surface area (Å²) in [4.78, 5) is 10.4. The van der Waals surface area contributed by atoms with E-state index in [2.05, 4.69) is 5.10 Å². The standard InChI is InChI=1S/C6H5F3N2O3/c7-6(8,9)5(14,4(12)13)3-1-10-11-2-3/h1-2,14H,(H,10,11)(H,12,13). The molecule has 1 rings (SSSR count). The summed E-state index contributed by atoms with van der Waals surface area (Å²) in [5.41, 5.74) is -4.78. The van der Waals surface area contributed by atoms with Crippen molar-refractivity contribution in [2.75, 3.05) is 0 Å². The molecule has 78 valence electrons. The minimum absolute atomic E-state index is 0.599. The van der Waals surface area contributed by atoms with E-state index in [9.17, 15) is 18.0 Å². The number of nitrogens with zero attached hydrogens (tertiary/aromatic N) is 1. The van der Waals surface area contributed by atoms with E-state index in [1.54, 1.807) is 0 Å². The van der Waals surface area contributed by atoms with Gasteiger partial charge in [-0.25, -0.2) is 4.79 Å². The normalized spacial score (nSPS) is 16.3. The van der Waals surface area contributed by atoms with Crippen LogP contribution in [-0.2, 0) is 10.4 Å². The van der Waals surface area contributed by atoms with Crippen LogP contribution in [0.5, 0.6) is 0 Å². The van der Waals surface area contributed by atoms with Crippen molar-refractivity contribution in [3.8, 4) is 0 Å². The third-order valence-electron chi connectivity index (χ3n) is 1.64. The van der Waals surface area contributed by atoms with Crippen LogP contribution in [0.4, 0.5) is 13.2 Å². The third-order valence-corrected chi connectivity index (χ3v) is 1.64. The van der Waals surface area contributed by atoms with Gasteiger partial charge in [0.2, 0.25) is 0 Å². The Morgan fingerprint density at radius 2 is 2.07 bits per heavy atom. The number of carboxylic acids is 1. The number of carbonyl (C=O) groups is 1. The van der Waals surface area contributed by atoms with Crippen LogP contribution in [0.15, 0.2) is 12.4 Å². The van der Waals surface area contributed by atoms with Crippen molar-refractivity contribution in [1.29, 1.82) is 0 Å². The van der Waals surface area contributed by atoms with Crippen molar-refractivity contribution in [3.05, 3.63) is 18.0 Å². The smallest absolute Gasteiger partial charge is 0.432 e. The average molecular weight is 210 g/mol. The summed E-state index contributed by atoms with van der Waals surface area (Å²) in [6.07, 6.45) is -4.04. The van der Waals surface area contributed by atoms with Crippen LogP contribution in [0.3, 0.4) is 0 Å². The second kappa shape index (κ2) is 2.98. The van der Waals surface area contributed by atoms with Crippen molar-refractivity contribution >= 4 is 5.97 Å². The lowest BCUT2D eigenvalue weighted by molar-refractivity contribution is -0.265. The molecule has 14 heavy (non-hydrogen) atoms. The first kappa shape index (κ1) is 10.5. The number of halogens is 3. The second-order valence-corrected chi connectivity index (χ2v) is 2.50. The Morgan fingerprint density at radius 1 is 1.50 bits per heavy atom.